The van der Waals surface area contributed by atoms with Gasteiger partial charge in [0, 0.05) is 5.39 Å². The van der Waals surface area contributed by atoms with Crippen LogP contribution in [0.3, 0.4) is 0 Å². The second kappa shape index (κ2) is 4.61. The zero-order chi connectivity index (χ0) is 13.3. The molecule has 1 heterocycles. The topological polar surface area (TPSA) is 107 Å². The molecule has 0 aliphatic heterocycles. The maximum atomic E-state index is 11.7. The third-order valence-corrected chi connectivity index (χ3v) is 3.68. The number of hydrogen-bond donors (Lipinski definition) is 3. The predicted molar refractivity (Wildman–Crippen MR) is 65.1 cm³/mol. The van der Waals surface area contributed by atoms with Crippen LogP contribution in [0.25, 0.3) is 10.9 Å². The molecular formula is C11H9NO5S. The SMILES string of the molecule is O=C(O)CS(=O)c1c(O)c2ccccc2[nH]c1=O. The lowest BCUT2D eigenvalue weighted by molar-refractivity contribution is -0.133. The molecule has 0 radical (unpaired) electrons. The molecule has 7 heteroatoms. The van der Waals surface area contributed by atoms with E-state index in [4.69, 9.17) is 5.11 Å². The van der Waals surface area contributed by atoms with Gasteiger partial charge in [-0.1, -0.05) is 12.1 Å². The molecule has 1 aromatic carbocycles. The average molecular weight is 267 g/mol. The smallest absolute Gasteiger partial charge is 0.316 e. The number of H-pyrrole nitrogens is 1. The number of rotatable bonds is 3. The zero-order valence-corrected chi connectivity index (χ0v) is 9.86. The molecular weight excluding hydrogens is 258 g/mol. The first-order valence-electron chi connectivity index (χ1n) is 4.95. The maximum absolute atomic E-state index is 11.7. The van der Waals surface area contributed by atoms with Crippen LogP contribution in [0.5, 0.6) is 5.75 Å². The lowest BCUT2D eigenvalue weighted by atomic mass is 10.2. The summed E-state index contributed by atoms with van der Waals surface area (Å²) >= 11 is 0. The van der Waals surface area contributed by atoms with Gasteiger partial charge in [-0.2, -0.15) is 0 Å². The summed E-state index contributed by atoms with van der Waals surface area (Å²) in [5.74, 6) is -2.47. The number of aliphatic carboxylic acids is 1. The molecule has 1 aromatic heterocycles. The Hall–Kier alpha value is -2.15. The summed E-state index contributed by atoms with van der Waals surface area (Å²) in [4.78, 5) is 24.2. The summed E-state index contributed by atoms with van der Waals surface area (Å²) in [5, 5.41) is 18.8. The first-order chi connectivity index (χ1) is 8.50. The van der Waals surface area contributed by atoms with E-state index < -0.39 is 38.7 Å². The van der Waals surface area contributed by atoms with Crippen molar-refractivity contribution in [2.45, 2.75) is 4.90 Å². The van der Waals surface area contributed by atoms with Gasteiger partial charge in [-0.15, -0.1) is 0 Å². The number of aromatic nitrogens is 1. The van der Waals surface area contributed by atoms with E-state index in [1.54, 1.807) is 24.3 Å². The molecule has 0 saturated carbocycles. The van der Waals surface area contributed by atoms with E-state index in [1.165, 1.54) is 0 Å². The molecule has 18 heavy (non-hydrogen) atoms. The number of fused-ring (bicyclic) bond motifs is 1. The Balaban J connectivity index is 2.68. The van der Waals surface area contributed by atoms with Crippen molar-refractivity contribution in [1.82, 2.24) is 4.98 Å². The molecule has 94 valence electrons. The zero-order valence-electron chi connectivity index (χ0n) is 9.04. The van der Waals surface area contributed by atoms with Crippen molar-refractivity contribution in [3.63, 3.8) is 0 Å². The Bertz CT molecular complexity index is 706. The Labute approximate surface area is 103 Å². The highest BCUT2D eigenvalue weighted by atomic mass is 32.2. The van der Waals surface area contributed by atoms with Crippen LogP contribution in [0.15, 0.2) is 34.0 Å². The summed E-state index contributed by atoms with van der Waals surface area (Å²) in [7, 11) is -2.09. The lowest BCUT2D eigenvalue weighted by Crippen LogP contribution is -2.19. The highest BCUT2D eigenvalue weighted by molar-refractivity contribution is 7.85. The molecule has 0 spiro atoms. The van der Waals surface area contributed by atoms with Gasteiger partial charge in [0.15, 0.2) is 0 Å². The van der Waals surface area contributed by atoms with Crippen LogP contribution in [0.1, 0.15) is 0 Å². The van der Waals surface area contributed by atoms with Crippen molar-refractivity contribution in [3.8, 4) is 5.75 Å². The van der Waals surface area contributed by atoms with Gasteiger partial charge in [0.25, 0.3) is 5.56 Å². The van der Waals surface area contributed by atoms with E-state index in [-0.39, 0.29) is 0 Å². The van der Waals surface area contributed by atoms with E-state index >= 15 is 0 Å². The van der Waals surface area contributed by atoms with Crippen molar-refractivity contribution >= 4 is 27.7 Å². The standard InChI is InChI=1S/C11H9NO5S/c13-8(14)5-18(17)10-9(15)6-3-1-2-4-7(6)12-11(10)16/h1-4H,5H2,(H,13,14)(H2,12,15,16). The molecule has 0 amide bonds. The van der Waals surface area contributed by atoms with Gasteiger partial charge >= 0.3 is 5.97 Å². The molecule has 0 bridgehead atoms. The summed E-state index contributed by atoms with van der Waals surface area (Å²) in [6, 6.07) is 6.44. The molecule has 6 nitrogen and oxygen atoms in total. The quantitative estimate of drug-likeness (QED) is 0.747. The monoisotopic (exact) mass is 267 g/mol. The van der Waals surface area contributed by atoms with Gasteiger partial charge in [0.1, 0.15) is 16.4 Å². The second-order valence-corrected chi connectivity index (χ2v) is 4.95. The maximum Gasteiger partial charge on any atom is 0.316 e. The molecule has 0 aliphatic carbocycles. The Morgan fingerprint density at radius 2 is 2.00 bits per heavy atom. The van der Waals surface area contributed by atoms with Gasteiger partial charge < -0.3 is 15.2 Å². The molecule has 2 rings (SSSR count). The fraction of sp³-hybridized carbons (Fsp3) is 0.0909. The van der Waals surface area contributed by atoms with Crippen LogP contribution in [0.4, 0.5) is 0 Å². The largest absolute Gasteiger partial charge is 0.506 e. The number of benzene rings is 1. The van der Waals surface area contributed by atoms with E-state index in [2.05, 4.69) is 4.98 Å². The fourth-order valence-corrected chi connectivity index (χ4v) is 2.56. The third-order valence-electron chi connectivity index (χ3n) is 2.33. The first-order valence-corrected chi connectivity index (χ1v) is 6.26. The van der Waals surface area contributed by atoms with E-state index in [1.807, 2.05) is 0 Å². The number of carboxylic acid groups (broad SMARTS) is 1. The molecule has 1 atom stereocenters. The van der Waals surface area contributed by atoms with Gasteiger partial charge in [0.2, 0.25) is 0 Å². The average Bonchev–Trinajstić information content (AvgIpc) is 2.27. The Morgan fingerprint density at radius 1 is 1.33 bits per heavy atom. The number of aromatic hydroxyl groups is 1. The van der Waals surface area contributed by atoms with Crippen molar-refractivity contribution in [1.29, 1.82) is 0 Å². The molecule has 0 fully saturated rings. The van der Waals surface area contributed by atoms with Crippen LogP contribution >= 0.6 is 0 Å². The molecule has 1 unspecified atom stereocenters. The molecule has 0 aliphatic rings. The minimum atomic E-state index is -2.09. The minimum absolute atomic E-state index is 0.325. The van der Waals surface area contributed by atoms with Gasteiger partial charge in [-0.05, 0) is 12.1 Å². The van der Waals surface area contributed by atoms with Crippen molar-refractivity contribution < 1.29 is 19.2 Å². The van der Waals surface area contributed by atoms with E-state index in [0.29, 0.717) is 10.9 Å². The fourth-order valence-electron chi connectivity index (χ4n) is 1.60. The van der Waals surface area contributed by atoms with Crippen LogP contribution in [0, 0.1) is 0 Å². The summed E-state index contributed by atoms with van der Waals surface area (Å²) in [6.07, 6.45) is 0. The first kappa shape index (κ1) is 12.3. The summed E-state index contributed by atoms with van der Waals surface area (Å²) in [5.41, 5.74) is -0.346. The number of nitrogens with one attached hydrogen (secondary N) is 1. The molecule has 3 N–H and O–H groups in total. The molecule has 2 aromatic rings. The van der Waals surface area contributed by atoms with Crippen molar-refractivity contribution in [3.05, 3.63) is 34.6 Å². The number of aromatic amines is 1. The van der Waals surface area contributed by atoms with Gasteiger partial charge in [0.05, 0.1) is 16.3 Å². The number of pyridine rings is 1. The van der Waals surface area contributed by atoms with Gasteiger partial charge in [-0.25, -0.2) is 0 Å². The number of carbonyl (C=O) groups is 1. The third kappa shape index (κ3) is 2.12. The molecule has 0 saturated heterocycles. The van der Waals surface area contributed by atoms with Crippen molar-refractivity contribution in [2.24, 2.45) is 0 Å². The predicted octanol–water partition coefficient (Wildman–Crippen LogP) is 0.426. The normalized spacial score (nSPS) is 12.4. The van der Waals surface area contributed by atoms with E-state index in [9.17, 15) is 18.9 Å². The van der Waals surface area contributed by atoms with Gasteiger partial charge in [-0.3, -0.25) is 13.8 Å². The second-order valence-electron chi connectivity index (χ2n) is 3.56. The van der Waals surface area contributed by atoms with Crippen LogP contribution in [-0.4, -0.2) is 31.1 Å². The number of carboxylic acids is 1. The lowest BCUT2D eigenvalue weighted by Gasteiger charge is -2.05. The Kier molecular flexibility index (Phi) is 3.15. The van der Waals surface area contributed by atoms with Crippen LogP contribution < -0.4 is 5.56 Å². The minimum Gasteiger partial charge on any atom is -0.506 e. The number of hydrogen-bond acceptors (Lipinski definition) is 4. The number of para-hydroxylation sites is 1. The highest BCUT2D eigenvalue weighted by Gasteiger charge is 2.19. The van der Waals surface area contributed by atoms with Crippen LogP contribution in [-0.2, 0) is 15.6 Å². The summed E-state index contributed by atoms with van der Waals surface area (Å²) < 4.78 is 11.7. The highest BCUT2D eigenvalue weighted by Crippen LogP contribution is 2.26. The van der Waals surface area contributed by atoms with E-state index in [0.717, 1.165) is 0 Å². The van der Waals surface area contributed by atoms with Crippen molar-refractivity contribution in [2.75, 3.05) is 5.75 Å². The Morgan fingerprint density at radius 3 is 2.67 bits per heavy atom. The van der Waals surface area contributed by atoms with Crippen LogP contribution in [0.2, 0.25) is 0 Å². The summed E-state index contributed by atoms with van der Waals surface area (Å²) in [6.45, 7) is 0.